The fourth-order valence-electron chi connectivity index (χ4n) is 1.64. The van der Waals surface area contributed by atoms with Crippen LogP contribution >= 0.6 is 15.9 Å². The molecule has 0 saturated heterocycles. The van der Waals surface area contributed by atoms with Gasteiger partial charge in [0.05, 0.1) is 0 Å². The maximum atomic E-state index is 11.1. The van der Waals surface area contributed by atoms with Crippen molar-refractivity contribution in [3.63, 3.8) is 0 Å². The predicted molar refractivity (Wildman–Crippen MR) is 66.1 cm³/mol. The Balaban J connectivity index is 3.22. The van der Waals surface area contributed by atoms with Crippen LogP contribution < -0.4 is 0 Å². The number of Topliss-reactive ketones (excluding diaryl/α,β-unsaturated/α-hetero) is 1. The van der Waals surface area contributed by atoms with Gasteiger partial charge >= 0.3 is 5.97 Å². The van der Waals surface area contributed by atoms with Gasteiger partial charge in [-0.1, -0.05) is 34.1 Å². The standard InChI is InChI=1S/C12H13BrO4/c1-7(14)5-8-3-2-4-9(10(8)6-13)11(15)12(16)17/h2-4,11,15H,5-6H2,1H3,(H,16,17). The van der Waals surface area contributed by atoms with E-state index in [1.165, 1.54) is 6.92 Å². The number of aliphatic hydroxyl groups is 1. The van der Waals surface area contributed by atoms with E-state index in [4.69, 9.17) is 5.11 Å². The molecule has 0 fully saturated rings. The van der Waals surface area contributed by atoms with Crippen LogP contribution in [0.15, 0.2) is 18.2 Å². The first-order valence-electron chi connectivity index (χ1n) is 5.04. The molecule has 0 radical (unpaired) electrons. The van der Waals surface area contributed by atoms with Crippen molar-refractivity contribution < 1.29 is 19.8 Å². The van der Waals surface area contributed by atoms with Crippen LogP contribution in [0.25, 0.3) is 0 Å². The Morgan fingerprint density at radius 1 is 1.41 bits per heavy atom. The molecule has 4 nitrogen and oxygen atoms in total. The first-order chi connectivity index (χ1) is 7.97. The number of carboxylic acid groups (broad SMARTS) is 1. The van der Waals surface area contributed by atoms with Crippen molar-refractivity contribution in [2.45, 2.75) is 24.8 Å². The Hall–Kier alpha value is -1.20. The summed E-state index contributed by atoms with van der Waals surface area (Å²) in [5.41, 5.74) is 1.73. The zero-order valence-electron chi connectivity index (χ0n) is 9.31. The molecule has 1 aromatic carbocycles. The Kier molecular flexibility index (Phi) is 4.84. The summed E-state index contributed by atoms with van der Waals surface area (Å²) in [6, 6.07) is 4.96. The van der Waals surface area contributed by atoms with E-state index >= 15 is 0 Å². The Labute approximate surface area is 107 Å². The predicted octanol–water partition coefficient (Wildman–Crippen LogP) is 1.83. The summed E-state index contributed by atoms with van der Waals surface area (Å²) in [7, 11) is 0. The number of carbonyl (C=O) groups excluding carboxylic acids is 1. The van der Waals surface area contributed by atoms with Crippen molar-refractivity contribution in [1.29, 1.82) is 0 Å². The average Bonchev–Trinajstić information content (AvgIpc) is 2.26. The molecule has 0 aliphatic carbocycles. The molecule has 17 heavy (non-hydrogen) atoms. The Morgan fingerprint density at radius 3 is 2.53 bits per heavy atom. The Bertz CT molecular complexity index is 442. The molecule has 0 bridgehead atoms. The number of carboxylic acids is 1. The van der Waals surface area contributed by atoms with Crippen molar-refractivity contribution in [1.82, 2.24) is 0 Å². The van der Waals surface area contributed by atoms with Crippen molar-refractivity contribution in [3.05, 3.63) is 34.9 Å². The number of benzene rings is 1. The molecule has 0 aromatic heterocycles. The smallest absolute Gasteiger partial charge is 0.337 e. The zero-order valence-corrected chi connectivity index (χ0v) is 10.9. The molecule has 0 aliphatic rings. The average molecular weight is 301 g/mol. The SMILES string of the molecule is CC(=O)Cc1cccc(C(O)C(=O)O)c1CBr. The minimum absolute atomic E-state index is 0.00540. The first kappa shape index (κ1) is 13.9. The highest BCUT2D eigenvalue weighted by Crippen LogP contribution is 2.24. The molecule has 1 rings (SSSR count). The van der Waals surface area contributed by atoms with Gasteiger partial charge in [-0.3, -0.25) is 4.79 Å². The van der Waals surface area contributed by atoms with E-state index in [0.29, 0.717) is 16.5 Å². The van der Waals surface area contributed by atoms with E-state index in [2.05, 4.69) is 15.9 Å². The second-order valence-corrected chi connectivity index (χ2v) is 4.30. The second-order valence-electron chi connectivity index (χ2n) is 3.74. The highest BCUT2D eigenvalue weighted by Gasteiger charge is 2.20. The van der Waals surface area contributed by atoms with Gasteiger partial charge in [-0.25, -0.2) is 4.79 Å². The maximum Gasteiger partial charge on any atom is 0.337 e. The number of carbonyl (C=O) groups is 2. The van der Waals surface area contributed by atoms with Crippen LogP contribution in [0.1, 0.15) is 29.7 Å². The van der Waals surface area contributed by atoms with Crippen LogP contribution in [0.2, 0.25) is 0 Å². The largest absolute Gasteiger partial charge is 0.479 e. The normalized spacial score (nSPS) is 12.2. The Morgan fingerprint density at radius 2 is 2.06 bits per heavy atom. The van der Waals surface area contributed by atoms with Crippen molar-refractivity contribution in [2.24, 2.45) is 0 Å². The summed E-state index contributed by atoms with van der Waals surface area (Å²) in [6.07, 6.45) is -1.32. The van der Waals surface area contributed by atoms with Crippen LogP contribution in [-0.4, -0.2) is 22.0 Å². The molecule has 1 unspecified atom stereocenters. The fourth-order valence-corrected chi connectivity index (χ4v) is 2.32. The first-order valence-corrected chi connectivity index (χ1v) is 6.16. The molecule has 0 aliphatic heterocycles. The molecular formula is C12H13BrO4. The molecule has 0 spiro atoms. The highest BCUT2D eigenvalue weighted by atomic mass is 79.9. The van der Waals surface area contributed by atoms with E-state index in [1.54, 1.807) is 18.2 Å². The number of rotatable bonds is 5. The molecule has 1 aromatic rings. The van der Waals surface area contributed by atoms with Gasteiger partial charge in [0.25, 0.3) is 0 Å². The lowest BCUT2D eigenvalue weighted by Crippen LogP contribution is -2.14. The van der Waals surface area contributed by atoms with Crippen molar-refractivity contribution >= 4 is 27.7 Å². The minimum atomic E-state index is -1.56. The van der Waals surface area contributed by atoms with Gasteiger partial charge in [-0.15, -0.1) is 0 Å². The van der Waals surface area contributed by atoms with E-state index in [9.17, 15) is 14.7 Å². The quantitative estimate of drug-likeness (QED) is 0.814. The molecule has 0 saturated carbocycles. The summed E-state index contributed by atoms with van der Waals surface area (Å²) in [6.45, 7) is 1.47. The van der Waals surface area contributed by atoms with Gasteiger partial charge in [0.2, 0.25) is 0 Å². The lowest BCUT2D eigenvalue weighted by atomic mass is 9.95. The number of aliphatic hydroxyl groups excluding tert-OH is 1. The number of alkyl halides is 1. The van der Waals surface area contributed by atoms with Crippen molar-refractivity contribution in [3.8, 4) is 0 Å². The third-order valence-corrected chi connectivity index (χ3v) is 2.97. The fraction of sp³-hybridized carbons (Fsp3) is 0.333. The zero-order chi connectivity index (χ0) is 13.0. The van der Waals surface area contributed by atoms with Gasteiger partial charge in [0.15, 0.2) is 6.10 Å². The third kappa shape index (κ3) is 3.38. The third-order valence-electron chi connectivity index (χ3n) is 2.41. The number of halogens is 1. The minimum Gasteiger partial charge on any atom is -0.479 e. The van der Waals surface area contributed by atoms with Crippen LogP contribution in [0.5, 0.6) is 0 Å². The van der Waals surface area contributed by atoms with E-state index in [-0.39, 0.29) is 12.2 Å². The molecule has 92 valence electrons. The number of ketones is 1. The lowest BCUT2D eigenvalue weighted by molar-refractivity contribution is -0.147. The number of hydrogen-bond donors (Lipinski definition) is 2. The molecular weight excluding hydrogens is 288 g/mol. The monoisotopic (exact) mass is 300 g/mol. The second kappa shape index (κ2) is 5.93. The van der Waals surface area contributed by atoms with Gasteiger partial charge in [-0.2, -0.15) is 0 Å². The molecule has 2 N–H and O–H groups in total. The van der Waals surface area contributed by atoms with Crippen LogP contribution in [0, 0.1) is 0 Å². The van der Waals surface area contributed by atoms with E-state index < -0.39 is 12.1 Å². The topological polar surface area (TPSA) is 74.6 Å². The van der Waals surface area contributed by atoms with Crippen molar-refractivity contribution in [2.75, 3.05) is 0 Å². The van der Waals surface area contributed by atoms with E-state index in [1.807, 2.05) is 0 Å². The number of aliphatic carboxylic acids is 1. The van der Waals surface area contributed by atoms with Crippen LogP contribution in [-0.2, 0) is 21.3 Å². The molecule has 1 atom stereocenters. The summed E-state index contributed by atoms with van der Waals surface area (Å²) in [5.74, 6) is -1.30. The molecule has 5 heteroatoms. The lowest BCUT2D eigenvalue weighted by Gasteiger charge is -2.14. The van der Waals surface area contributed by atoms with Crippen LogP contribution in [0.3, 0.4) is 0 Å². The summed E-state index contributed by atoms with van der Waals surface area (Å²) in [4.78, 5) is 21.9. The summed E-state index contributed by atoms with van der Waals surface area (Å²) < 4.78 is 0. The highest BCUT2D eigenvalue weighted by molar-refractivity contribution is 9.08. The summed E-state index contributed by atoms with van der Waals surface area (Å²) in [5, 5.41) is 18.8. The van der Waals surface area contributed by atoms with Gasteiger partial charge in [-0.05, 0) is 23.6 Å². The summed E-state index contributed by atoms with van der Waals surface area (Å²) >= 11 is 3.25. The number of hydrogen-bond acceptors (Lipinski definition) is 3. The van der Waals surface area contributed by atoms with Gasteiger partial charge in [0.1, 0.15) is 5.78 Å². The van der Waals surface area contributed by atoms with E-state index in [0.717, 1.165) is 5.56 Å². The van der Waals surface area contributed by atoms with Gasteiger partial charge < -0.3 is 10.2 Å². The molecule has 0 amide bonds. The maximum absolute atomic E-state index is 11.1. The molecule has 0 heterocycles. The van der Waals surface area contributed by atoms with Crippen LogP contribution in [0.4, 0.5) is 0 Å². The van der Waals surface area contributed by atoms with Gasteiger partial charge in [0, 0.05) is 11.8 Å².